The van der Waals surface area contributed by atoms with Crippen molar-refractivity contribution in [2.75, 3.05) is 6.54 Å². The van der Waals surface area contributed by atoms with Gasteiger partial charge in [-0.1, -0.05) is 12.1 Å². The lowest BCUT2D eigenvalue weighted by molar-refractivity contribution is -0.385. The van der Waals surface area contributed by atoms with Crippen LogP contribution in [0.1, 0.15) is 37.0 Å². The van der Waals surface area contributed by atoms with Crippen LogP contribution in [0.3, 0.4) is 0 Å². The quantitative estimate of drug-likeness (QED) is 0.625. The summed E-state index contributed by atoms with van der Waals surface area (Å²) in [4.78, 5) is 12.5. The maximum Gasteiger partial charge on any atom is 0.269 e. The standard InChI is InChI=1S/C17H22N2O4/c1-12(2)18(10-16-8-7-13(3)23-16)11-17(20)14-5-4-6-15(9-14)19(21)22/h4-9,12,17,20H,10-11H2,1-3H3. The van der Waals surface area contributed by atoms with Gasteiger partial charge in [0.25, 0.3) is 5.69 Å². The summed E-state index contributed by atoms with van der Waals surface area (Å²) in [6.07, 6.45) is -0.798. The number of benzene rings is 1. The molecule has 2 aromatic rings. The van der Waals surface area contributed by atoms with Gasteiger partial charge in [-0.2, -0.15) is 0 Å². The highest BCUT2D eigenvalue weighted by atomic mass is 16.6. The van der Waals surface area contributed by atoms with E-state index in [2.05, 4.69) is 4.90 Å². The lowest BCUT2D eigenvalue weighted by atomic mass is 10.1. The van der Waals surface area contributed by atoms with Crippen molar-refractivity contribution in [3.8, 4) is 0 Å². The molecule has 6 nitrogen and oxygen atoms in total. The van der Waals surface area contributed by atoms with Gasteiger partial charge in [-0.25, -0.2) is 0 Å². The number of nitro benzene ring substituents is 1. The van der Waals surface area contributed by atoms with E-state index >= 15 is 0 Å². The monoisotopic (exact) mass is 318 g/mol. The van der Waals surface area contributed by atoms with Crippen molar-refractivity contribution < 1.29 is 14.4 Å². The zero-order chi connectivity index (χ0) is 17.0. The Balaban J connectivity index is 2.09. The number of rotatable bonds is 7. The molecule has 0 spiro atoms. The maximum atomic E-state index is 10.9. The molecule has 0 bridgehead atoms. The van der Waals surface area contributed by atoms with Crippen molar-refractivity contribution >= 4 is 5.69 Å². The number of hydrogen-bond donors (Lipinski definition) is 1. The van der Waals surface area contributed by atoms with Crippen LogP contribution >= 0.6 is 0 Å². The van der Waals surface area contributed by atoms with E-state index in [4.69, 9.17) is 4.42 Å². The van der Waals surface area contributed by atoms with Crippen LogP contribution in [0.15, 0.2) is 40.8 Å². The van der Waals surface area contributed by atoms with Gasteiger partial charge in [0.1, 0.15) is 11.5 Å². The van der Waals surface area contributed by atoms with Crippen molar-refractivity contribution in [2.24, 2.45) is 0 Å². The third-order valence-electron chi connectivity index (χ3n) is 3.76. The van der Waals surface area contributed by atoms with Gasteiger partial charge < -0.3 is 9.52 Å². The van der Waals surface area contributed by atoms with Crippen LogP contribution in [0.2, 0.25) is 0 Å². The Morgan fingerprint density at radius 2 is 2.04 bits per heavy atom. The number of nitro groups is 1. The Kier molecular flexibility index (Phi) is 5.52. The van der Waals surface area contributed by atoms with Gasteiger partial charge in [-0.3, -0.25) is 15.0 Å². The summed E-state index contributed by atoms with van der Waals surface area (Å²) < 4.78 is 5.59. The Hall–Kier alpha value is -2.18. The van der Waals surface area contributed by atoms with Crippen LogP contribution in [0.5, 0.6) is 0 Å². The first-order chi connectivity index (χ1) is 10.9. The predicted octanol–water partition coefficient (Wildman–Crippen LogP) is 3.44. The first-order valence-electron chi connectivity index (χ1n) is 7.58. The smallest absolute Gasteiger partial charge is 0.269 e. The molecule has 0 aliphatic carbocycles. The first kappa shape index (κ1) is 17.2. The Morgan fingerprint density at radius 3 is 2.61 bits per heavy atom. The van der Waals surface area contributed by atoms with Crippen LogP contribution in [-0.4, -0.2) is 27.5 Å². The highest BCUT2D eigenvalue weighted by Gasteiger charge is 2.19. The number of aliphatic hydroxyl groups is 1. The van der Waals surface area contributed by atoms with Gasteiger partial charge in [0, 0.05) is 24.7 Å². The molecular formula is C17H22N2O4. The molecule has 6 heteroatoms. The second-order valence-corrected chi connectivity index (χ2v) is 5.90. The highest BCUT2D eigenvalue weighted by molar-refractivity contribution is 5.35. The Labute approximate surface area is 135 Å². The summed E-state index contributed by atoms with van der Waals surface area (Å²) in [5, 5.41) is 21.3. The summed E-state index contributed by atoms with van der Waals surface area (Å²) in [6, 6.07) is 10.2. The summed E-state index contributed by atoms with van der Waals surface area (Å²) in [5.41, 5.74) is 0.528. The minimum atomic E-state index is -0.798. The van der Waals surface area contributed by atoms with E-state index in [9.17, 15) is 15.2 Å². The zero-order valence-corrected chi connectivity index (χ0v) is 13.6. The van der Waals surface area contributed by atoms with Crippen LogP contribution < -0.4 is 0 Å². The third kappa shape index (κ3) is 4.64. The van der Waals surface area contributed by atoms with Crippen LogP contribution in [-0.2, 0) is 6.54 Å². The van der Waals surface area contributed by atoms with E-state index in [0.717, 1.165) is 11.5 Å². The number of non-ortho nitro benzene ring substituents is 1. The van der Waals surface area contributed by atoms with Gasteiger partial charge in [-0.15, -0.1) is 0 Å². The fourth-order valence-electron chi connectivity index (χ4n) is 2.40. The highest BCUT2D eigenvalue weighted by Crippen LogP contribution is 2.22. The third-order valence-corrected chi connectivity index (χ3v) is 3.76. The van der Waals surface area contributed by atoms with Crippen molar-refractivity contribution in [2.45, 2.75) is 39.5 Å². The van der Waals surface area contributed by atoms with Crippen molar-refractivity contribution in [1.29, 1.82) is 0 Å². The fraction of sp³-hybridized carbons (Fsp3) is 0.412. The SMILES string of the molecule is Cc1ccc(CN(CC(O)c2cccc([N+](=O)[O-])c2)C(C)C)o1. The summed E-state index contributed by atoms with van der Waals surface area (Å²) in [7, 11) is 0. The molecule has 124 valence electrons. The van der Waals surface area contributed by atoms with E-state index in [0.29, 0.717) is 18.7 Å². The molecule has 0 amide bonds. The van der Waals surface area contributed by atoms with E-state index in [1.807, 2.05) is 32.9 Å². The number of hydrogen-bond acceptors (Lipinski definition) is 5. The van der Waals surface area contributed by atoms with Crippen LogP contribution in [0, 0.1) is 17.0 Å². The molecule has 0 fully saturated rings. The number of nitrogens with zero attached hydrogens (tertiary/aromatic N) is 2. The molecule has 1 N–H and O–H groups in total. The average molecular weight is 318 g/mol. The minimum absolute atomic E-state index is 0.0145. The lowest BCUT2D eigenvalue weighted by Crippen LogP contribution is -2.34. The molecule has 0 aliphatic rings. The van der Waals surface area contributed by atoms with E-state index < -0.39 is 11.0 Å². The minimum Gasteiger partial charge on any atom is -0.465 e. The molecule has 0 saturated heterocycles. The molecule has 0 radical (unpaired) electrons. The number of aryl methyl sites for hydroxylation is 1. The van der Waals surface area contributed by atoms with E-state index in [-0.39, 0.29) is 11.7 Å². The van der Waals surface area contributed by atoms with Crippen LogP contribution in [0.25, 0.3) is 0 Å². The lowest BCUT2D eigenvalue weighted by Gasteiger charge is -2.28. The molecule has 23 heavy (non-hydrogen) atoms. The zero-order valence-electron chi connectivity index (χ0n) is 13.6. The number of aliphatic hydroxyl groups excluding tert-OH is 1. The largest absolute Gasteiger partial charge is 0.465 e. The van der Waals surface area contributed by atoms with Crippen molar-refractivity contribution in [3.63, 3.8) is 0 Å². The molecule has 0 aliphatic heterocycles. The van der Waals surface area contributed by atoms with E-state index in [1.165, 1.54) is 12.1 Å². The normalized spacial score (nSPS) is 12.8. The number of furan rings is 1. The fourth-order valence-corrected chi connectivity index (χ4v) is 2.40. The summed E-state index contributed by atoms with van der Waals surface area (Å²) >= 11 is 0. The molecule has 1 aromatic heterocycles. The molecule has 1 atom stereocenters. The van der Waals surface area contributed by atoms with Crippen LogP contribution in [0.4, 0.5) is 5.69 Å². The second kappa shape index (κ2) is 7.39. The first-order valence-corrected chi connectivity index (χ1v) is 7.58. The van der Waals surface area contributed by atoms with Gasteiger partial charge in [0.2, 0.25) is 0 Å². The van der Waals surface area contributed by atoms with Gasteiger partial charge in [0.05, 0.1) is 17.6 Å². The average Bonchev–Trinajstić information content (AvgIpc) is 2.91. The molecular weight excluding hydrogens is 296 g/mol. The Morgan fingerprint density at radius 1 is 1.30 bits per heavy atom. The molecule has 1 heterocycles. The van der Waals surface area contributed by atoms with Gasteiger partial charge in [-0.05, 0) is 38.5 Å². The van der Waals surface area contributed by atoms with Gasteiger partial charge >= 0.3 is 0 Å². The van der Waals surface area contributed by atoms with Crippen molar-refractivity contribution in [3.05, 3.63) is 63.6 Å². The predicted molar refractivity (Wildman–Crippen MR) is 87.0 cm³/mol. The maximum absolute atomic E-state index is 10.9. The summed E-state index contributed by atoms with van der Waals surface area (Å²) in [6.45, 7) is 6.92. The molecule has 2 rings (SSSR count). The van der Waals surface area contributed by atoms with E-state index in [1.54, 1.807) is 12.1 Å². The molecule has 0 saturated carbocycles. The second-order valence-electron chi connectivity index (χ2n) is 5.90. The van der Waals surface area contributed by atoms with Gasteiger partial charge in [0.15, 0.2) is 0 Å². The summed E-state index contributed by atoms with van der Waals surface area (Å²) in [5.74, 6) is 1.69. The molecule has 1 unspecified atom stereocenters. The molecule has 1 aromatic carbocycles. The van der Waals surface area contributed by atoms with Crippen molar-refractivity contribution in [1.82, 2.24) is 4.90 Å². The topological polar surface area (TPSA) is 79.8 Å². The Bertz CT molecular complexity index is 666.